The quantitative estimate of drug-likeness (QED) is 0.368. The Labute approximate surface area is 39.5 Å². The molecular weight excluding hydrogens is 95.1 g/mol. The summed E-state index contributed by atoms with van der Waals surface area (Å²) in [6.45, 7) is 5.13. The highest BCUT2D eigenvalue weighted by atomic mass is 28.3. The fourth-order valence-electron chi connectivity index (χ4n) is 0.144. The molecule has 0 aromatic heterocycles. The van der Waals surface area contributed by atoms with Gasteiger partial charge < -0.3 is 4.11 Å². The van der Waals surface area contributed by atoms with Crippen LogP contribution < -0.4 is 0 Å². The van der Waals surface area contributed by atoms with Gasteiger partial charge in [0.2, 0.25) is 0 Å². The van der Waals surface area contributed by atoms with Crippen molar-refractivity contribution in [1.29, 1.82) is 0 Å². The summed E-state index contributed by atoms with van der Waals surface area (Å²) in [5.74, 6) is 0. The first kappa shape index (κ1) is 5.89. The third kappa shape index (κ3) is 2.14. The molecule has 0 N–H and O–H groups in total. The van der Waals surface area contributed by atoms with Crippen LogP contribution in [0.15, 0.2) is 12.3 Å². The molecule has 0 bridgehead atoms. The smallest absolute Gasteiger partial charge is 0.297 e. The van der Waals surface area contributed by atoms with Crippen molar-refractivity contribution >= 4 is 9.13 Å². The summed E-state index contributed by atoms with van der Waals surface area (Å²) >= 11 is 0. The van der Waals surface area contributed by atoms with Crippen LogP contribution in [0, 0.1) is 0 Å². The van der Waals surface area contributed by atoms with E-state index >= 15 is 0 Å². The van der Waals surface area contributed by atoms with Crippen molar-refractivity contribution in [2.75, 3.05) is 0 Å². The van der Waals surface area contributed by atoms with Crippen molar-refractivity contribution in [3.05, 3.63) is 12.3 Å². The molecular formula is C4H8FSi. The van der Waals surface area contributed by atoms with Crippen molar-refractivity contribution in [2.45, 2.75) is 13.0 Å². The molecule has 0 nitrogen and oxygen atoms in total. The molecule has 0 unspecified atom stereocenters. The van der Waals surface area contributed by atoms with Crippen molar-refractivity contribution in [1.82, 2.24) is 0 Å². The van der Waals surface area contributed by atoms with Crippen LogP contribution in [0.4, 0.5) is 4.11 Å². The largest absolute Gasteiger partial charge is 0.309 e. The Balaban J connectivity index is 2.96. The molecule has 0 aliphatic rings. The van der Waals surface area contributed by atoms with Crippen LogP contribution in [0.2, 0.25) is 6.04 Å². The molecule has 35 valence electrons. The zero-order chi connectivity index (χ0) is 4.99. The van der Waals surface area contributed by atoms with Gasteiger partial charge >= 0.3 is 0 Å². The normalized spacial score (nSPS) is 9.17. The first-order valence-electron chi connectivity index (χ1n) is 1.95. The summed E-state index contributed by atoms with van der Waals surface area (Å²) in [4.78, 5) is 0. The third-order valence-electron chi connectivity index (χ3n) is 0.559. The maximum Gasteiger partial charge on any atom is 0.297 e. The van der Waals surface area contributed by atoms with Gasteiger partial charge in [-0.05, 0) is 6.04 Å². The second-order valence-electron chi connectivity index (χ2n) is 1.00. The summed E-state index contributed by atoms with van der Waals surface area (Å²) < 4.78 is 11.8. The fraction of sp³-hybridized carbons (Fsp3) is 0.500. The van der Waals surface area contributed by atoms with Crippen LogP contribution in [0.5, 0.6) is 0 Å². The van der Waals surface area contributed by atoms with Gasteiger partial charge in [0.1, 0.15) is 0 Å². The minimum atomic E-state index is -1.60. The molecule has 0 aliphatic heterocycles. The lowest BCUT2D eigenvalue weighted by atomic mass is 11.0. The lowest BCUT2D eigenvalue weighted by Crippen LogP contribution is -1.94. The Bertz CT molecular complexity index is 44.8. The maximum atomic E-state index is 11.8. The van der Waals surface area contributed by atoms with E-state index in [1.165, 1.54) is 5.70 Å². The van der Waals surface area contributed by atoms with E-state index in [1.54, 1.807) is 0 Å². The van der Waals surface area contributed by atoms with Crippen LogP contribution in [-0.4, -0.2) is 9.13 Å². The molecule has 0 saturated heterocycles. The van der Waals surface area contributed by atoms with Gasteiger partial charge in [0.25, 0.3) is 9.13 Å². The molecule has 0 aromatic carbocycles. The second-order valence-corrected chi connectivity index (χ2v) is 3.01. The minimum Gasteiger partial charge on any atom is -0.309 e. The van der Waals surface area contributed by atoms with E-state index in [-0.39, 0.29) is 0 Å². The molecule has 6 heavy (non-hydrogen) atoms. The van der Waals surface area contributed by atoms with E-state index in [0.717, 1.165) is 0 Å². The zero-order valence-electron chi connectivity index (χ0n) is 3.87. The highest BCUT2D eigenvalue weighted by Crippen LogP contribution is 1.89. The lowest BCUT2D eigenvalue weighted by Gasteiger charge is -1.84. The molecule has 0 aliphatic carbocycles. The molecule has 1 radical (unpaired) electrons. The standard InChI is InChI=1S/C4H8FSi/c1-3-6(5)4-2/h3H,1,4H2,2H3. The van der Waals surface area contributed by atoms with Gasteiger partial charge in [0.05, 0.1) is 0 Å². The average Bonchev–Trinajstić information content (AvgIpc) is 1.65. The van der Waals surface area contributed by atoms with Gasteiger partial charge in [-0.15, -0.1) is 6.58 Å². The van der Waals surface area contributed by atoms with E-state index in [4.69, 9.17) is 0 Å². The van der Waals surface area contributed by atoms with Crippen molar-refractivity contribution in [3.63, 3.8) is 0 Å². The van der Waals surface area contributed by atoms with E-state index in [1.807, 2.05) is 6.92 Å². The van der Waals surface area contributed by atoms with Crippen molar-refractivity contribution in [2.24, 2.45) is 0 Å². The predicted octanol–water partition coefficient (Wildman–Crippen LogP) is 1.69. The van der Waals surface area contributed by atoms with E-state index in [2.05, 4.69) is 6.58 Å². The van der Waals surface area contributed by atoms with Crippen molar-refractivity contribution in [3.8, 4) is 0 Å². The molecule has 0 saturated carbocycles. The molecule has 0 aromatic rings. The number of halogens is 1. The minimum absolute atomic E-state index is 0.647. The highest BCUT2D eigenvalue weighted by molar-refractivity contribution is 6.56. The molecule has 0 spiro atoms. The molecule has 0 atom stereocenters. The van der Waals surface area contributed by atoms with Crippen LogP contribution in [0.3, 0.4) is 0 Å². The van der Waals surface area contributed by atoms with Crippen molar-refractivity contribution < 1.29 is 4.11 Å². The predicted molar refractivity (Wildman–Crippen MR) is 27.5 cm³/mol. The second kappa shape index (κ2) is 3.09. The van der Waals surface area contributed by atoms with Crippen LogP contribution in [0.25, 0.3) is 0 Å². The highest BCUT2D eigenvalue weighted by Gasteiger charge is 1.96. The van der Waals surface area contributed by atoms with E-state index in [0.29, 0.717) is 6.04 Å². The Hall–Kier alpha value is -0.113. The molecule has 0 rings (SSSR count). The summed E-state index contributed by atoms with van der Waals surface area (Å²) in [5.41, 5.74) is 1.41. The lowest BCUT2D eigenvalue weighted by molar-refractivity contribution is 0.839. The fourth-order valence-corrected chi connectivity index (χ4v) is 0.433. The SMILES string of the molecule is C=C[Si](F)CC. The number of rotatable bonds is 2. The Kier molecular flexibility index (Phi) is 3.03. The maximum absolute atomic E-state index is 11.8. The van der Waals surface area contributed by atoms with E-state index < -0.39 is 9.13 Å². The number of hydrogen-bond donors (Lipinski definition) is 0. The van der Waals surface area contributed by atoms with Crippen LogP contribution in [0.1, 0.15) is 6.92 Å². The van der Waals surface area contributed by atoms with Gasteiger partial charge in [-0.25, -0.2) is 0 Å². The first-order chi connectivity index (χ1) is 2.81. The van der Waals surface area contributed by atoms with E-state index in [9.17, 15) is 4.11 Å². The van der Waals surface area contributed by atoms with Gasteiger partial charge in [-0.3, -0.25) is 0 Å². The van der Waals surface area contributed by atoms with Crippen LogP contribution >= 0.6 is 0 Å². The molecule has 0 heterocycles. The zero-order valence-corrected chi connectivity index (χ0v) is 4.87. The van der Waals surface area contributed by atoms with Gasteiger partial charge in [0, 0.05) is 0 Å². The first-order valence-corrected chi connectivity index (χ1v) is 3.61. The Morgan fingerprint density at radius 1 is 2.00 bits per heavy atom. The van der Waals surface area contributed by atoms with Gasteiger partial charge in [0.15, 0.2) is 0 Å². The molecule has 0 fully saturated rings. The summed E-state index contributed by atoms with van der Waals surface area (Å²) in [6, 6.07) is 0.647. The number of hydrogen-bond acceptors (Lipinski definition) is 0. The summed E-state index contributed by atoms with van der Waals surface area (Å²) in [5, 5.41) is 0. The average molecular weight is 103 g/mol. The summed E-state index contributed by atoms with van der Waals surface area (Å²) in [7, 11) is -1.60. The molecule has 2 heteroatoms. The Morgan fingerprint density at radius 3 is 2.50 bits per heavy atom. The van der Waals surface area contributed by atoms with Crippen LogP contribution in [-0.2, 0) is 0 Å². The topological polar surface area (TPSA) is 0 Å². The third-order valence-corrected chi connectivity index (χ3v) is 1.68. The Morgan fingerprint density at radius 2 is 2.50 bits per heavy atom. The van der Waals surface area contributed by atoms with Gasteiger partial charge in [-0.2, -0.15) is 0 Å². The monoisotopic (exact) mass is 103 g/mol. The summed E-state index contributed by atoms with van der Waals surface area (Å²) in [6.07, 6.45) is 0. The molecule has 0 amide bonds. The van der Waals surface area contributed by atoms with Gasteiger partial charge in [-0.1, -0.05) is 12.6 Å².